The van der Waals surface area contributed by atoms with Gasteiger partial charge in [-0.3, -0.25) is 9.69 Å². The number of carbonyl (C=O) groups is 1. The number of likely N-dealkylation sites (N-methyl/N-ethyl adjacent to an activating group) is 1. The van der Waals surface area contributed by atoms with Crippen LogP contribution in [0, 0.1) is 0 Å². The second kappa shape index (κ2) is 4.25. The van der Waals surface area contributed by atoms with Crippen molar-refractivity contribution >= 4 is 5.91 Å². The van der Waals surface area contributed by atoms with Gasteiger partial charge in [0.05, 0.1) is 19.1 Å². The molecule has 16 heavy (non-hydrogen) atoms. The standard InChI is InChI=1S/C10H17F2N3O/c1-13-9(16)8-4-7(2-3-14-8)15-5-10(11,12)6-15/h7-8,14H,2-6H2,1H3,(H,13,16). The Morgan fingerprint density at radius 2 is 2.19 bits per heavy atom. The van der Waals surface area contributed by atoms with Gasteiger partial charge in [0.2, 0.25) is 5.91 Å². The van der Waals surface area contributed by atoms with E-state index in [4.69, 9.17) is 0 Å². The van der Waals surface area contributed by atoms with Gasteiger partial charge in [0.25, 0.3) is 5.92 Å². The first-order valence-electron chi connectivity index (χ1n) is 5.59. The fourth-order valence-electron chi connectivity index (χ4n) is 2.41. The SMILES string of the molecule is CNC(=O)C1CC(N2CC(F)(F)C2)CCN1. The first-order chi connectivity index (χ1) is 7.52. The summed E-state index contributed by atoms with van der Waals surface area (Å²) < 4.78 is 25.5. The van der Waals surface area contributed by atoms with Crippen LogP contribution in [0.4, 0.5) is 8.78 Å². The minimum atomic E-state index is -2.52. The number of halogens is 2. The summed E-state index contributed by atoms with van der Waals surface area (Å²) >= 11 is 0. The largest absolute Gasteiger partial charge is 0.358 e. The monoisotopic (exact) mass is 233 g/mol. The lowest BCUT2D eigenvalue weighted by Crippen LogP contribution is -2.63. The molecule has 2 aliphatic heterocycles. The van der Waals surface area contributed by atoms with Crippen LogP contribution < -0.4 is 10.6 Å². The molecule has 2 saturated heterocycles. The summed E-state index contributed by atoms with van der Waals surface area (Å²) in [4.78, 5) is 13.2. The van der Waals surface area contributed by atoms with Crippen molar-refractivity contribution in [3.8, 4) is 0 Å². The summed E-state index contributed by atoms with van der Waals surface area (Å²) in [7, 11) is 1.59. The summed E-state index contributed by atoms with van der Waals surface area (Å²) in [5.74, 6) is -2.58. The Morgan fingerprint density at radius 1 is 1.50 bits per heavy atom. The van der Waals surface area contributed by atoms with Crippen molar-refractivity contribution < 1.29 is 13.6 Å². The minimum absolute atomic E-state index is 0.0583. The van der Waals surface area contributed by atoms with Gasteiger partial charge >= 0.3 is 0 Å². The summed E-state index contributed by atoms with van der Waals surface area (Å²) in [6.07, 6.45) is 1.46. The first kappa shape index (κ1) is 11.7. The van der Waals surface area contributed by atoms with Crippen LogP contribution in [-0.2, 0) is 4.79 Å². The van der Waals surface area contributed by atoms with E-state index in [0.717, 1.165) is 6.42 Å². The molecule has 6 heteroatoms. The van der Waals surface area contributed by atoms with Crippen LogP contribution >= 0.6 is 0 Å². The number of alkyl halides is 2. The molecule has 2 aliphatic rings. The third kappa shape index (κ3) is 2.32. The highest BCUT2D eigenvalue weighted by Crippen LogP contribution is 2.31. The van der Waals surface area contributed by atoms with Crippen LogP contribution in [0.1, 0.15) is 12.8 Å². The Morgan fingerprint density at radius 3 is 2.75 bits per heavy atom. The van der Waals surface area contributed by atoms with E-state index in [0.29, 0.717) is 13.0 Å². The maximum Gasteiger partial charge on any atom is 0.272 e. The van der Waals surface area contributed by atoms with E-state index in [1.807, 2.05) is 0 Å². The third-order valence-electron chi connectivity index (χ3n) is 3.32. The Bertz CT molecular complexity index is 277. The number of amides is 1. The van der Waals surface area contributed by atoms with E-state index < -0.39 is 5.92 Å². The average Bonchev–Trinajstić information content (AvgIpc) is 2.25. The van der Waals surface area contributed by atoms with E-state index in [2.05, 4.69) is 10.6 Å². The van der Waals surface area contributed by atoms with E-state index in [1.54, 1.807) is 11.9 Å². The first-order valence-corrected chi connectivity index (χ1v) is 5.59. The molecule has 0 aromatic rings. The molecule has 2 atom stereocenters. The number of rotatable bonds is 2. The summed E-state index contributed by atoms with van der Waals surface area (Å²) in [6.45, 7) is 0.404. The van der Waals surface area contributed by atoms with Crippen LogP contribution in [0.2, 0.25) is 0 Å². The molecule has 2 fully saturated rings. The normalized spacial score (nSPS) is 34.2. The zero-order valence-electron chi connectivity index (χ0n) is 9.30. The molecule has 0 spiro atoms. The molecule has 92 valence electrons. The summed E-state index contributed by atoms with van der Waals surface area (Å²) in [5, 5.41) is 5.68. The Hall–Kier alpha value is -0.750. The lowest BCUT2D eigenvalue weighted by Gasteiger charge is -2.46. The van der Waals surface area contributed by atoms with Gasteiger partial charge in [-0.2, -0.15) is 0 Å². The molecule has 2 rings (SSSR count). The van der Waals surface area contributed by atoms with E-state index >= 15 is 0 Å². The van der Waals surface area contributed by atoms with Crippen molar-refractivity contribution in [1.82, 2.24) is 15.5 Å². The maximum absolute atomic E-state index is 12.7. The number of hydrogen-bond acceptors (Lipinski definition) is 3. The number of carbonyl (C=O) groups excluding carboxylic acids is 1. The van der Waals surface area contributed by atoms with Crippen LogP contribution in [-0.4, -0.2) is 55.5 Å². The van der Waals surface area contributed by atoms with Crippen LogP contribution in [0.5, 0.6) is 0 Å². The number of likely N-dealkylation sites (tertiary alicyclic amines) is 1. The molecule has 0 saturated carbocycles. The Balaban J connectivity index is 1.86. The van der Waals surface area contributed by atoms with Gasteiger partial charge in [-0.15, -0.1) is 0 Å². The minimum Gasteiger partial charge on any atom is -0.358 e. The highest BCUT2D eigenvalue weighted by molar-refractivity contribution is 5.81. The second-order valence-electron chi connectivity index (χ2n) is 4.56. The topological polar surface area (TPSA) is 44.4 Å². The molecule has 0 aromatic heterocycles. The average molecular weight is 233 g/mol. The zero-order chi connectivity index (χ0) is 11.8. The fraction of sp³-hybridized carbons (Fsp3) is 0.900. The molecule has 2 unspecified atom stereocenters. The van der Waals surface area contributed by atoms with Gasteiger partial charge in [0, 0.05) is 13.1 Å². The van der Waals surface area contributed by atoms with Gasteiger partial charge < -0.3 is 10.6 Å². The molecule has 0 bridgehead atoms. The van der Waals surface area contributed by atoms with E-state index in [1.165, 1.54) is 0 Å². The lowest BCUT2D eigenvalue weighted by atomic mass is 9.94. The molecule has 2 heterocycles. The number of piperidine rings is 1. The predicted octanol–water partition coefficient (Wildman–Crippen LogP) is -0.196. The van der Waals surface area contributed by atoms with Crippen molar-refractivity contribution in [2.24, 2.45) is 0 Å². The fourth-order valence-corrected chi connectivity index (χ4v) is 2.41. The molecular formula is C10H17F2N3O. The number of nitrogens with zero attached hydrogens (tertiary/aromatic N) is 1. The maximum atomic E-state index is 12.7. The van der Waals surface area contributed by atoms with Crippen LogP contribution in [0.3, 0.4) is 0 Å². The zero-order valence-corrected chi connectivity index (χ0v) is 9.30. The predicted molar refractivity (Wildman–Crippen MR) is 55.4 cm³/mol. The number of hydrogen-bond donors (Lipinski definition) is 2. The van der Waals surface area contributed by atoms with Gasteiger partial charge in [-0.05, 0) is 19.4 Å². The van der Waals surface area contributed by atoms with Crippen LogP contribution in [0.25, 0.3) is 0 Å². The van der Waals surface area contributed by atoms with Crippen molar-refractivity contribution in [2.75, 3.05) is 26.7 Å². The second-order valence-corrected chi connectivity index (χ2v) is 4.56. The van der Waals surface area contributed by atoms with Gasteiger partial charge in [0.15, 0.2) is 0 Å². The molecule has 0 radical (unpaired) electrons. The Labute approximate surface area is 93.4 Å². The molecule has 0 aliphatic carbocycles. The smallest absolute Gasteiger partial charge is 0.272 e. The van der Waals surface area contributed by atoms with Crippen molar-refractivity contribution in [1.29, 1.82) is 0 Å². The molecular weight excluding hydrogens is 216 g/mol. The Kier molecular flexibility index (Phi) is 3.12. The third-order valence-corrected chi connectivity index (χ3v) is 3.32. The van der Waals surface area contributed by atoms with E-state index in [9.17, 15) is 13.6 Å². The highest BCUT2D eigenvalue weighted by atomic mass is 19.3. The quantitative estimate of drug-likeness (QED) is 0.694. The van der Waals surface area contributed by atoms with Gasteiger partial charge in [0.1, 0.15) is 0 Å². The van der Waals surface area contributed by atoms with E-state index in [-0.39, 0.29) is 31.1 Å². The van der Waals surface area contributed by atoms with Crippen molar-refractivity contribution in [3.63, 3.8) is 0 Å². The van der Waals surface area contributed by atoms with Gasteiger partial charge in [-0.25, -0.2) is 8.78 Å². The highest BCUT2D eigenvalue weighted by Gasteiger charge is 2.47. The van der Waals surface area contributed by atoms with Crippen molar-refractivity contribution in [3.05, 3.63) is 0 Å². The number of nitrogens with one attached hydrogen (secondary N) is 2. The molecule has 0 aromatic carbocycles. The van der Waals surface area contributed by atoms with Crippen molar-refractivity contribution in [2.45, 2.75) is 30.8 Å². The van der Waals surface area contributed by atoms with Gasteiger partial charge in [-0.1, -0.05) is 0 Å². The molecule has 4 nitrogen and oxygen atoms in total. The lowest BCUT2D eigenvalue weighted by molar-refractivity contribution is -0.151. The summed E-state index contributed by atoms with van der Waals surface area (Å²) in [6, 6.07) is -0.124. The summed E-state index contributed by atoms with van der Waals surface area (Å²) in [5.41, 5.74) is 0. The van der Waals surface area contributed by atoms with Crippen LogP contribution in [0.15, 0.2) is 0 Å². The molecule has 2 N–H and O–H groups in total. The molecule has 1 amide bonds.